The molecule has 28 heavy (non-hydrogen) atoms. The van der Waals surface area contributed by atoms with Crippen LogP contribution >= 0.6 is 0 Å². The lowest BCUT2D eigenvalue weighted by atomic mass is 9.87. The number of benzene rings is 1. The fraction of sp³-hybridized carbons (Fsp3) is 0.478. The van der Waals surface area contributed by atoms with Crippen molar-refractivity contribution < 1.29 is 5.11 Å². The van der Waals surface area contributed by atoms with Crippen molar-refractivity contribution in [2.75, 3.05) is 13.1 Å². The summed E-state index contributed by atoms with van der Waals surface area (Å²) >= 11 is 0. The first-order valence-corrected chi connectivity index (χ1v) is 10.3. The Hall–Kier alpha value is -2.24. The van der Waals surface area contributed by atoms with Gasteiger partial charge >= 0.3 is 0 Å². The lowest BCUT2D eigenvalue weighted by Gasteiger charge is -2.37. The predicted molar refractivity (Wildman–Crippen MR) is 112 cm³/mol. The predicted octanol–water partition coefficient (Wildman–Crippen LogP) is 3.88. The van der Waals surface area contributed by atoms with Crippen molar-refractivity contribution >= 4 is 11.0 Å². The molecule has 0 saturated carbocycles. The maximum atomic E-state index is 11.1. The number of pyridine rings is 1. The number of rotatable bonds is 5. The largest absolute Gasteiger partial charge is 0.383 e. The van der Waals surface area contributed by atoms with Gasteiger partial charge in [0.1, 0.15) is 11.4 Å². The van der Waals surface area contributed by atoms with Gasteiger partial charge in [0.05, 0.1) is 23.3 Å². The van der Waals surface area contributed by atoms with Crippen LogP contribution in [0.3, 0.4) is 0 Å². The summed E-state index contributed by atoms with van der Waals surface area (Å²) in [6.45, 7) is 9.99. The number of aromatic nitrogens is 3. The highest BCUT2D eigenvalue weighted by molar-refractivity contribution is 5.75. The van der Waals surface area contributed by atoms with Crippen molar-refractivity contribution in [1.82, 2.24) is 19.4 Å². The van der Waals surface area contributed by atoms with Crippen molar-refractivity contribution in [2.45, 2.75) is 52.3 Å². The van der Waals surface area contributed by atoms with Crippen LogP contribution in [-0.2, 0) is 18.7 Å². The van der Waals surface area contributed by atoms with E-state index in [1.807, 2.05) is 25.3 Å². The smallest absolute Gasteiger partial charge is 0.124 e. The Labute approximate surface area is 167 Å². The first kappa shape index (κ1) is 19.1. The zero-order chi connectivity index (χ0) is 19.7. The van der Waals surface area contributed by atoms with Crippen LogP contribution in [0, 0.1) is 12.8 Å². The Morgan fingerprint density at radius 3 is 2.54 bits per heavy atom. The van der Waals surface area contributed by atoms with E-state index in [0.29, 0.717) is 18.8 Å². The normalized spacial score (nSPS) is 17.5. The van der Waals surface area contributed by atoms with Gasteiger partial charge in [-0.25, -0.2) is 4.98 Å². The zero-order valence-corrected chi connectivity index (χ0v) is 17.1. The molecule has 1 aromatic carbocycles. The van der Waals surface area contributed by atoms with E-state index in [1.54, 1.807) is 0 Å². The van der Waals surface area contributed by atoms with Gasteiger partial charge in [-0.15, -0.1) is 0 Å². The van der Waals surface area contributed by atoms with E-state index < -0.39 is 5.60 Å². The summed E-state index contributed by atoms with van der Waals surface area (Å²) in [6.07, 6.45) is 3.24. The summed E-state index contributed by atoms with van der Waals surface area (Å²) in [5.41, 5.74) is 3.38. The molecule has 1 fully saturated rings. The van der Waals surface area contributed by atoms with Crippen LogP contribution in [-0.4, -0.2) is 37.6 Å². The molecule has 5 heteroatoms. The SMILES string of the molecule is Cc1ccc(C2(O)CCN(Cc3nc4ccccc4n3CC(C)C)CC2)nc1. The first-order valence-electron chi connectivity index (χ1n) is 10.3. The molecule has 3 heterocycles. The Morgan fingerprint density at radius 2 is 1.86 bits per heavy atom. The van der Waals surface area contributed by atoms with E-state index >= 15 is 0 Å². The highest BCUT2D eigenvalue weighted by Crippen LogP contribution is 2.32. The van der Waals surface area contributed by atoms with E-state index in [-0.39, 0.29) is 0 Å². The van der Waals surface area contributed by atoms with Crippen molar-refractivity contribution in [3.63, 3.8) is 0 Å². The van der Waals surface area contributed by atoms with Crippen LogP contribution in [0.5, 0.6) is 0 Å². The lowest BCUT2D eigenvalue weighted by Crippen LogP contribution is -2.43. The Morgan fingerprint density at radius 1 is 1.11 bits per heavy atom. The van der Waals surface area contributed by atoms with Crippen molar-refractivity contribution in [3.05, 3.63) is 59.7 Å². The minimum atomic E-state index is -0.817. The molecule has 0 amide bonds. The van der Waals surface area contributed by atoms with E-state index in [0.717, 1.165) is 48.8 Å². The van der Waals surface area contributed by atoms with Gasteiger partial charge in [0.2, 0.25) is 0 Å². The molecule has 0 bridgehead atoms. The van der Waals surface area contributed by atoms with Crippen LogP contribution in [0.25, 0.3) is 11.0 Å². The highest BCUT2D eigenvalue weighted by atomic mass is 16.3. The maximum Gasteiger partial charge on any atom is 0.124 e. The molecule has 1 aliphatic heterocycles. The number of aryl methyl sites for hydroxylation is 1. The third kappa shape index (κ3) is 3.82. The topological polar surface area (TPSA) is 54.2 Å². The van der Waals surface area contributed by atoms with Gasteiger partial charge in [0.15, 0.2) is 0 Å². The molecule has 1 aliphatic rings. The molecule has 1 N–H and O–H groups in total. The van der Waals surface area contributed by atoms with E-state index in [1.165, 1.54) is 5.52 Å². The molecule has 0 radical (unpaired) electrons. The Bertz CT molecular complexity index is 937. The number of likely N-dealkylation sites (tertiary alicyclic amines) is 1. The highest BCUT2D eigenvalue weighted by Gasteiger charge is 2.35. The fourth-order valence-electron chi connectivity index (χ4n) is 4.10. The number of nitrogens with zero attached hydrogens (tertiary/aromatic N) is 4. The van der Waals surface area contributed by atoms with Crippen LogP contribution in [0.15, 0.2) is 42.6 Å². The summed E-state index contributed by atoms with van der Waals surface area (Å²) in [5.74, 6) is 1.68. The van der Waals surface area contributed by atoms with Gasteiger partial charge in [-0.05, 0) is 49.4 Å². The number of piperidine rings is 1. The minimum Gasteiger partial charge on any atom is -0.383 e. The molecule has 2 aromatic heterocycles. The monoisotopic (exact) mass is 378 g/mol. The van der Waals surface area contributed by atoms with E-state index in [9.17, 15) is 5.11 Å². The maximum absolute atomic E-state index is 11.1. The summed E-state index contributed by atoms with van der Waals surface area (Å²) in [5, 5.41) is 11.1. The number of hydrogen-bond donors (Lipinski definition) is 1. The fourth-order valence-corrected chi connectivity index (χ4v) is 4.10. The molecule has 4 rings (SSSR count). The van der Waals surface area contributed by atoms with Crippen molar-refractivity contribution in [2.24, 2.45) is 5.92 Å². The molecule has 0 unspecified atom stereocenters. The zero-order valence-electron chi connectivity index (χ0n) is 17.1. The number of imidazole rings is 1. The van der Waals surface area contributed by atoms with Gasteiger partial charge in [-0.1, -0.05) is 32.0 Å². The number of hydrogen-bond acceptors (Lipinski definition) is 4. The molecule has 0 spiro atoms. The molecule has 5 nitrogen and oxygen atoms in total. The van der Waals surface area contributed by atoms with Gasteiger partial charge in [0, 0.05) is 25.8 Å². The van der Waals surface area contributed by atoms with Crippen LogP contribution < -0.4 is 0 Å². The van der Waals surface area contributed by atoms with Crippen molar-refractivity contribution in [3.8, 4) is 0 Å². The lowest BCUT2D eigenvalue weighted by molar-refractivity contribution is -0.0317. The van der Waals surface area contributed by atoms with Gasteiger partial charge in [-0.2, -0.15) is 0 Å². The molecule has 0 atom stereocenters. The number of para-hydroxylation sites is 2. The van der Waals surface area contributed by atoms with Crippen LogP contribution in [0.1, 0.15) is 43.8 Å². The van der Waals surface area contributed by atoms with E-state index in [4.69, 9.17) is 4.98 Å². The van der Waals surface area contributed by atoms with Crippen LogP contribution in [0.2, 0.25) is 0 Å². The molecule has 3 aromatic rings. The molecule has 0 aliphatic carbocycles. The molecular weight excluding hydrogens is 348 g/mol. The van der Waals surface area contributed by atoms with Crippen LogP contribution in [0.4, 0.5) is 0 Å². The van der Waals surface area contributed by atoms with Gasteiger partial charge < -0.3 is 9.67 Å². The summed E-state index contributed by atoms with van der Waals surface area (Å²) in [7, 11) is 0. The number of fused-ring (bicyclic) bond motifs is 1. The average molecular weight is 379 g/mol. The second-order valence-corrected chi connectivity index (χ2v) is 8.55. The molecule has 1 saturated heterocycles. The number of aliphatic hydroxyl groups is 1. The summed E-state index contributed by atoms with van der Waals surface area (Å²) < 4.78 is 2.36. The average Bonchev–Trinajstić information content (AvgIpc) is 3.01. The summed E-state index contributed by atoms with van der Waals surface area (Å²) in [4.78, 5) is 11.8. The second-order valence-electron chi connectivity index (χ2n) is 8.55. The quantitative estimate of drug-likeness (QED) is 0.732. The Kier molecular flexibility index (Phi) is 5.21. The van der Waals surface area contributed by atoms with E-state index in [2.05, 4.69) is 52.6 Å². The standard InChI is InChI=1S/C23H30N4O/c1-17(2)15-27-20-7-5-4-6-19(20)25-22(27)16-26-12-10-23(28,11-13-26)21-9-8-18(3)14-24-21/h4-9,14,17,28H,10-13,15-16H2,1-3H3. The van der Waals surface area contributed by atoms with Gasteiger partial charge in [-0.3, -0.25) is 9.88 Å². The molecular formula is C23H30N4O. The Balaban J connectivity index is 1.50. The first-order chi connectivity index (χ1) is 13.4. The third-order valence-electron chi connectivity index (χ3n) is 5.72. The van der Waals surface area contributed by atoms with Crippen molar-refractivity contribution in [1.29, 1.82) is 0 Å². The second kappa shape index (κ2) is 7.64. The van der Waals surface area contributed by atoms with Gasteiger partial charge in [0.25, 0.3) is 0 Å². The summed E-state index contributed by atoms with van der Waals surface area (Å²) in [6, 6.07) is 12.4. The minimum absolute atomic E-state index is 0.565. The molecule has 148 valence electrons. The third-order valence-corrected chi connectivity index (χ3v) is 5.72.